The first-order chi connectivity index (χ1) is 15.5. The zero-order valence-corrected chi connectivity index (χ0v) is 19.7. The largest absolute Gasteiger partial charge is 0.460 e. The SMILES string of the molecule is CC(=O)O[C@H]1C[C@H](n2ccc(NC(=O)c3ccccc3)nc2=O)O[C@@H]1COP1SCCS1. The van der Waals surface area contributed by atoms with E-state index >= 15 is 0 Å². The molecule has 1 N–H and O–H groups in total. The third-order valence-corrected chi connectivity index (χ3v) is 11.4. The maximum atomic E-state index is 12.6. The van der Waals surface area contributed by atoms with Gasteiger partial charge in [-0.2, -0.15) is 4.98 Å². The number of nitrogens with zero attached hydrogens (tertiary/aromatic N) is 2. The summed E-state index contributed by atoms with van der Waals surface area (Å²) in [5.74, 6) is 1.50. The van der Waals surface area contributed by atoms with Crippen LogP contribution in [0.5, 0.6) is 0 Å². The standard InChI is InChI=1S/C20H22N3O6PS2/c1-13(24)28-15-11-18(29-16(15)12-27-30-31-9-10-32-30)23-8-7-17(22-20(23)26)21-19(25)14-5-3-2-4-6-14/h2-8,15-16,18H,9-12H2,1H3,(H,21,22,25,26)/t15-,16+,18+/m0/s1. The topological polar surface area (TPSA) is 109 Å². The summed E-state index contributed by atoms with van der Waals surface area (Å²) >= 11 is 3.58. The Kier molecular flexibility index (Phi) is 7.85. The van der Waals surface area contributed by atoms with Gasteiger partial charge in [-0.05, 0) is 18.2 Å². The molecule has 2 aliphatic rings. The molecule has 0 bridgehead atoms. The maximum absolute atomic E-state index is 12.6. The van der Waals surface area contributed by atoms with Gasteiger partial charge < -0.3 is 19.3 Å². The molecule has 0 spiro atoms. The number of esters is 1. The van der Waals surface area contributed by atoms with Crippen LogP contribution in [0, 0.1) is 0 Å². The second-order valence-electron chi connectivity index (χ2n) is 7.02. The van der Waals surface area contributed by atoms with Crippen molar-refractivity contribution in [2.24, 2.45) is 0 Å². The van der Waals surface area contributed by atoms with E-state index in [0.717, 1.165) is 11.5 Å². The smallest absolute Gasteiger partial charge is 0.351 e. The van der Waals surface area contributed by atoms with E-state index in [4.69, 9.17) is 14.0 Å². The van der Waals surface area contributed by atoms with Crippen LogP contribution in [0.1, 0.15) is 29.9 Å². The molecule has 2 saturated heterocycles. The van der Waals surface area contributed by atoms with Crippen LogP contribution < -0.4 is 11.0 Å². The van der Waals surface area contributed by atoms with Gasteiger partial charge >= 0.3 is 11.7 Å². The Morgan fingerprint density at radius 1 is 1.25 bits per heavy atom. The molecule has 0 radical (unpaired) electrons. The highest BCUT2D eigenvalue weighted by molar-refractivity contribution is 8.88. The Hall–Kier alpha value is -1.91. The number of carbonyl (C=O) groups excluding carboxylic acids is 2. The third kappa shape index (κ3) is 5.90. The lowest BCUT2D eigenvalue weighted by atomic mass is 10.2. The van der Waals surface area contributed by atoms with Crippen molar-refractivity contribution in [2.45, 2.75) is 31.8 Å². The van der Waals surface area contributed by atoms with Crippen LogP contribution in [-0.4, -0.2) is 51.7 Å². The first-order valence-electron chi connectivity index (χ1n) is 9.97. The lowest BCUT2D eigenvalue weighted by Gasteiger charge is -2.19. The first kappa shape index (κ1) is 23.3. The molecule has 1 aromatic heterocycles. The minimum Gasteiger partial charge on any atom is -0.460 e. The van der Waals surface area contributed by atoms with Crippen molar-refractivity contribution in [1.82, 2.24) is 9.55 Å². The number of hydrogen-bond donors (Lipinski definition) is 1. The van der Waals surface area contributed by atoms with Crippen molar-refractivity contribution in [3.63, 3.8) is 0 Å². The van der Waals surface area contributed by atoms with Gasteiger partial charge in [0.25, 0.3) is 5.91 Å². The number of amides is 1. The Morgan fingerprint density at radius 2 is 2.00 bits per heavy atom. The number of ether oxygens (including phenoxy) is 2. The van der Waals surface area contributed by atoms with Crippen LogP contribution in [0.3, 0.4) is 0 Å². The van der Waals surface area contributed by atoms with Crippen LogP contribution in [0.25, 0.3) is 0 Å². The van der Waals surface area contributed by atoms with Gasteiger partial charge in [-0.3, -0.25) is 14.2 Å². The second kappa shape index (κ2) is 10.8. The van der Waals surface area contributed by atoms with E-state index in [-0.39, 0.29) is 18.3 Å². The van der Waals surface area contributed by atoms with Gasteiger partial charge in [-0.25, -0.2) is 4.79 Å². The third-order valence-electron chi connectivity index (χ3n) is 4.74. The fourth-order valence-corrected chi connectivity index (χ4v) is 9.98. The average Bonchev–Trinajstić information content (AvgIpc) is 3.42. The number of hydrogen-bond acceptors (Lipinski definition) is 9. The summed E-state index contributed by atoms with van der Waals surface area (Å²) in [5, 5.41) is 2.62. The van der Waals surface area contributed by atoms with E-state index in [1.165, 1.54) is 23.8 Å². The number of rotatable bonds is 7. The zero-order valence-electron chi connectivity index (χ0n) is 17.2. The Balaban J connectivity index is 1.43. The number of aromatic nitrogens is 2. The zero-order chi connectivity index (χ0) is 22.5. The molecule has 0 saturated carbocycles. The van der Waals surface area contributed by atoms with E-state index in [1.54, 1.807) is 47.0 Å². The van der Waals surface area contributed by atoms with Crippen molar-refractivity contribution >= 4 is 47.0 Å². The summed E-state index contributed by atoms with van der Waals surface area (Å²) in [6.45, 7) is 1.01. The van der Waals surface area contributed by atoms with Crippen LogP contribution in [-0.2, 0) is 18.8 Å². The lowest BCUT2D eigenvalue weighted by Crippen LogP contribution is -2.30. The quantitative estimate of drug-likeness (QED) is 0.456. The first-order valence-corrected chi connectivity index (χ1v) is 14.4. The fourth-order valence-electron chi connectivity index (χ4n) is 3.31. The Labute approximate surface area is 193 Å². The van der Waals surface area contributed by atoms with Gasteiger partial charge in [0.05, 0.1) is 6.61 Å². The molecule has 1 aromatic carbocycles. The van der Waals surface area contributed by atoms with Crippen LogP contribution in [0.15, 0.2) is 47.4 Å². The molecule has 0 aliphatic carbocycles. The van der Waals surface area contributed by atoms with Crippen LogP contribution in [0.4, 0.5) is 5.82 Å². The number of benzene rings is 1. The van der Waals surface area contributed by atoms with Crippen molar-refractivity contribution in [3.05, 3.63) is 58.6 Å². The Bertz CT molecular complexity index is 1020. The summed E-state index contributed by atoms with van der Waals surface area (Å²) in [5.41, 5.74) is -0.111. The molecule has 2 aromatic rings. The number of carbonyl (C=O) groups is 2. The van der Waals surface area contributed by atoms with Gasteiger partial charge in [0.1, 0.15) is 24.3 Å². The molecule has 4 rings (SSSR count). The highest BCUT2D eigenvalue weighted by atomic mass is 33.1. The summed E-state index contributed by atoms with van der Waals surface area (Å²) in [6.07, 6.45) is 0.181. The molecule has 3 atom stereocenters. The van der Waals surface area contributed by atoms with Crippen LogP contribution >= 0.6 is 29.3 Å². The summed E-state index contributed by atoms with van der Waals surface area (Å²) in [6, 6.07) is 10.2. The van der Waals surface area contributed by atoms with Gasteiger partial charge in [-0.1, -0.05) is 41.0 Å². The minimum absolute atomic E-state index is 0.146. The molecular formula is C20H22N3O6PS2. The predicted octanol–water partition coefficient (Wildman–Crippen LogP) is 3.44. The maximum Gasteiger partial charge on any atom is 0.351 e. The number of anilines is 1. The normalized spacial score (nSPS) is 23.2. The monoisotopic (exact) mass is 495 g/mol. The van der Waals surface area contributed by atoms with Crippen LogP contribution in [0.2, 0.25) is 0 Å². The summed E-state index contributed by atoms with van der Waals surface area (Å²) in [7, 11) is 0. The molecule has 9 nitrogen and oxygen atoms in total. The van der Waals surface area contributed by atoms with Crippen molar-refractivity contribution < 1.29 is 23.6 Å². The molecule has 170 valence electrons. The fraction of sp³-hybridized carbons (Fsp3) is 0.400. The van der Waals surface area contributed by atoms with E-state index in [9.17, 15) is 14.4 Å². The number of nitrogens with one attached hydrogen (secondary N) is 1. The van der Waals surface area contributed by atoms with Crippen molar-refractivity contribution in [3.8, 4) is 0 Å². The van der Waals surface area contributed by atoms with Gasteiger partial charge in [0.2, 0.25) is 0 Å². The second-order valence-corrected chi connectivity index (χ2v) is 13.3. The highest BCUT2D eigenvalue weighted by Gasteiger charge is 2.40. The van der Waals surface area contributed by atoms with E-state index in [2.05, 4.69) is 10.3 Å². The van der Waals surface area contributed by atoms with E-state index in [0.29, 0.717) is 12.0 Å². The van der Waals surface area contributed by atoms with E-state index in [1.807, 2.05) is 6.07 Å². The van der Waals surface area contributed by atoms with Gasteiger partial charge in [0, 0.05) is 36.6 Å². The summed E-state index contributed by atoms with van der Waals surface area (Å²) in [4.78, 5) is 40.4. The summed E-state index contributed by atoms with van der Waals surface area (Å²) < 4.78 is 18.7. The highest BCUT2D eigenvalue weighted by Crippen LogP contribution is 2.66. The van der Waals surface area contributed by atoms with Crippen molar-refractivity contribution in [2.75, 3.05) is 23.4 Å². The molecular weight excluding hydrogens is 473 g/mol. The molecule has 2 fully saturated rings. The van der Waals surface area contributed by atoms with E-state index < -0.39 is 36.6 Å². The molecule has 2 aliphatic heterocycles. The predicted molar refractivity (Wildman–Crippen MR) is 125 cm³/mol. The molecule has 1 amide bonds. The molecule has 32 heavy (non-hydrogen) atoms. The Morgan fingerprint density at radius 3 is 2.69 bits per heavy atom. The minimum atomic E-state index is -0.650. The average molecular weight is 496 g/mol. The van der Waals surface area contributed by atoms with Gasteiger partial charge in [0.15, 0.2) is 6.55 Å². The van der Waals surface area contributed by atoms with Gasteiger partial charge in [-0.15, -0.1) is 0 Å². The molecule has 3 heterocycles. The molecule has 12 heteroatoms. The lowest BCUT2D eigenvalue weighted by molar-refractivity contribution is -0.150. The molecule has 0 unspecified atom stereocenters. The van der Waals surface area contributed by atoms with Crippen molar-refractivity contribution in [1.29, 1.82) is 0 Å².